The van der Waals surface area contributed by atoms with Crippen molar-refractivity contribution in [2.75, 3.05) is 26.2 Å². The summed E-state index contributed by atoms with van der Waals surface area (Å²) in [6, 6.07) is 5.64. The standard InChI is InChI=1S/C15H20N4O/c20-15(16-7-10-19-8-2-1-3-9-19)12-5-4-6-14-13(12)11-17-18-14/h4-6,11H,1-3,7-10H2,(H,16,20)(H,17,18). The summed E-state index contributed by atoms with van der Waals surface area (Å²) >= 11 is 0. The van der Waals surface area contributed by atoms with Crippen molar-refractivity contribution in [3.8, 4) is 0 Å². The summed E-state index contributed by atoms with van der Waals surface area (Å²) in [6.07, 6.45) is 5.60. The smallest absolute Gasteiger partial charge is 0.252 e. The molecule has 0 aliphatic carbocycles. The van der Waals surface area contributed by atoms with Gasteiger partial charge in [0.15, 0.2) is 0 Å². The van der Waals surface area contributed by atoms with Gasteiger partial charge < -0.3 is 10.2 Å². The van der Waals surface area contributed by atoms with Crippen LogP contribution in [0, 0.1) is 0 Å². The molecule has 2 heterocycles. The van der Waals surface area contributed by atoms with Crippen molar-refractivity contribution in [3.63, 3.8) is 0 Å². The van der Waals surface area contributed by atoms with Crippen molar-refractivity contribution < 1.29 is 4.79 Å². The van der Waals surface area contributed by atoms with Crippen molar-refractivity contribution in [2.45, 2.75) is 19.3 Å². The Labute approximate surface area is 118 Å². The van der Waals surface area contributed by atoms with Gasteiger partial charge in [-0.05, 0) is 38.1 Å². The minimum absolute atomic E-state index is 0.0194. The number of hydrogen-bond donors (Lipinski definition) is 2. The molecule has 2 aromatic rings. The van der Waals surface area contributed by atoms with Crippen LogP contribution in [0.3, 0.4) is 0 Å². The molecule has 1 aromatic carbocycles. The van der Waals surface area contributed by atoms with Gasteiger partial charge in [0.1, 0.15) is 0 Å². The first-order valence-corrected chi connectivity index (χ1v) is 7.27. The van der Waals surface area contributed by atoms with E-state index in [0.29, 0.717) is 12.1 Å². The van der Waals surface area contributed by atoms with Gasteiger partial charge in [0.2, 0.25) is 0 Å². The van der Waals surface area contributed by atoms with E-state index in [0.717, 1.165) is 30.5 Å². The average molecular weight is 272 g/mol. The Morgan fingerprint density at radius 1 is 1.30 bits per heavy atom. The van der Waals surface area contributed by atoms with Gasteiger partial charge in [-0.1, -0.05) is 12.5 Å². The molecule has 1 aliphatic rings. The van der Waals surface area contributed by atoms with Crippen molar-refractivity contribution in [2.24, 2.45) is 0 Å². The zero-order valence-electron chi connectivity index (χ0n) is 11.6. The lowest BCUT2D eigenvalue weighted by molar-refractivity contribution is 0.0948. The third kappa shape index (κ3) is 2.82. The molecule has 1 aromatic heterocycles. The van der Waals surface area contributed by atoms with Gasteiger partial charge >= 0.3 is 0 Å². The van der Waals surface area contributed by atoms with Crippen LogP contribution in [0.1, 0.15) is 29.6 Å². The summed E-state index contributed by atoms with van der Waals surface area (Å²) in [5.74, 6) is -0.0194. The molecule has 0 unspecified atom stereocenters. The molecule has 5 heteroatoms. The molecule has 1 saturated heterocycles. The number of rotatable bonds is 4. The molecule has 1 amide bonds. The van der Waals surface area contributed by atoms with E-state index in [1.807, 2.05) is 18.2 Å². The van der Waals surface area contributed by atoms with E-state index in [1.165, 1.54) is 19.3 Å². The van der Waals surface area contributed by atoms with Gasteiger partial charge in [0, 0.05) is 18.5 Å². The van der Waals surface area contributed by atoms with E-state index in [2.05, 4.69) is 20.4 Å². The fourth-order valence-corrected chi connectivity index (χ4v) is 2.77. The van der Waals surface area contributed by atoms with Crippen LogP contribution in [0.2, 0.25) is 0 Å². The molecular weight excluding hydrogens is 252 g/mol. The van der Waals surface area contributed by atoms with Gasteiger partial charge in [-0.25, -0.2) is 0 Å². The highest BCUT2D eigenvalue weighted by Crippen LogP contribution is 2.15. The summed E-state index contributed by atoms with van der Waals surface area (Å²) in [4.78, 5) is 14.6. The van der Waals surface area contributed by atoms with Crippen LogP contribution < -0.4 is 5.32 Å². The van der Waals surface area contributed by atoms with Crippen LogP contribution >= 0.6 is 0 Å². The number of amides is 1. The van der Waals surface area contributed by atoms with Gasteiger partial charge in [-0.2, -0.15) is 5.10 Å². The molecule has 5 nitrogen and oxygen atoms in total. The number of carbonyl (C=O) groups excluding carboxylic acids is 1. The molecule has 0 bridgehead atoms. The lowest BCUT2D eigenvalue weighted by atomic mass is 10.1. The minimum atomic E-state index is -0.0194. The highest BCUT2D eigenvalue weighted by atomic mass is 16.1. The number of aromatic nitrogens is 2. The summed E-state index contributed by atoms with van der Waals surface area (Å²) in [7, 11) is 0. The van der Waals surface area contributed by atoms with Crippen molar-refractivity contribution >= 4 is 16.8 Å². The maximum atomic E-state index is 12.2. The maximum Gasteiger partial charge on any atom is 0.252 e. The number of hydrogen-bond acceptors (Lipinski definition) is 3. The number of nitrogens with zero attached hydrogens (tertiary/aromatic N) is 2. The van der Waals surface area contributed by atoms with Crippen LogP contribution in [0.5, 0.6) is 0 Å². The van der Waals surface area contributed by atoms with Crippen LogP contribution in [0.15, 0.2) is 24.4 Å². The highest BCUT2D eigenvalue weighted by molar-refractivity contribution is 6.05. The van der Waals surface area contributed by atoms with Gasteiger partial charge in [0.05, 0.1) is 17.3 Å². The first-order chi connectivity index (χ1) is 9.84. The van der Waals surface area contributed by atoms with Crippen LogP contribution in [-0.2, 0) is 0 Å². The number of nitrogens with one attached hydrogen (secondary N) is 2. The Bertz CT molecular complexity index is 586. The second-order valence-corrected chi connectivity index (χ2v) is 5.30. The number of fused-ring (bicyclic) bond motifs is 1. The van der Waals surface area contributed by atoms with Crippen molar-refractivity contribution in [1.29, 1.82) is 0 Å². The Morgan fingerprint density at radius 3 is 3.00 bits per heavy atom. The normalized spacial score (nSPS) is 16.4. The maximum absolute atomic E-state index is 12.2. The van der Waals surface area contributed by atoms with Gasteiger partial charge in [-0.3, -0.25) is 9.89 Å². The van der Waals surface area contributed by atoms with Crippen LogP contribution in [0.4, 0.5) is 0 Å². The zero-order chi connectivity index (χ0) is 13.8. The fraction of sp³-hybridized carbons (Fsp3) is 0.467. The number of benzene rings is 1. The summed E-state index contributed by atoms with van der Waals surface area (Å²) in [5, 5.41) is 10.8. The van der Waals surface area contributed by atoms with Crippen molar-refractivity contribution in [1.82, 2.24) is 20.4 Å². The summed E-state index contributed by atoms with van der Waals surface area (Å²) in [6.45, 7) is 3.96. The Hall–Kier alpha value is -1.88. The van der Waals surface area contributed by atoms with Crippen LogP contribution in [-0.4, -0.2) is 47.2 Å². The minimum Gasteiger partial charge on any atom is -0.351 e. The average Bonchev–Trinajstić information content (AvgIpc) is 2.96. The molecule has 2 N–H and O–H groups in total. The first-order valence-electron chi connectivity index (χ1n) is 7.27. The largest absolute Gasteiger partial charge is 0.351 e. The molecule has 1 aliphatic heterocycles. The molecule has 20 heavy (non-hydrogen) atoms. The lowest BCUT2D eigenvalue weighted by Gasteiger charge is -2.26. The molecule has 0 spiro atoms. The van der Waals surface area contributed by atoms with E-state index >= 15 is 0 Å². The molecular formula is C15H20N4O. The third-order valence-electron chi connectivity index (χ3n) is 3.89. The Kier molecular flexibility index (Phi) is 3.97. The molecule has 1 fully saturated rings. The lowest BCUT2D eigenvalue weighted by Crippen LogP contribution is -2.37. The predicted octanol–water partition coefficient (Wildman–Crippen LogP) is 1.78. The first kappa shape index (κ1) is 13.1. The highest BCUT2D eigenvalue weighted by Gasteiger charge is 2.12. The van der Waals surface area contributed by atoms with Gasteiger partial charge in [-0.15, -0.1) is 0 Å². The van der Waals surface area contributed by atoms with E-state index in [4.69, 9.17) is 0 Å². The van der Waals surface area contributed by atoms with E-state index in [1.54, 1.807) is 6.20 Å². The van der Waals surface area contributed by atoms with E-state index in [-0.39, 0.29) is 5.91 Å². The second kappa shape index (κ2) is 6.05. The van der Waals surface area contributed by atoms with Gasteiger partial charge in [0.25, 0.3) is 5.91 Å². The Balaban J connectivity index is 1.57. The number of carbonyl (C=O) groups is 1. The summed E-state index contributed by atoms with van der Waals surface area (Å²) < 4.78 is 0. The van der Waals surface area contributed by atoms with E-state index in [9.17, 15) is 4.79 Å². The van der Waals surface area contributed by atoms with E-state index < -0.39 is 0 Å². The second-order valence-electron chi connectivity index (χ2n) is 5.30. The zero-order valence-corrected chi connectivity index (χ0v) is 11.6. The molecule has 0 radical (unpaired) electrons. The number of aromatic amines is 1. The Morgan fingerprint density at radius 2 is 2.15 bits per heavy atom. The number of H-pyrrole nitrogens is 1. The molecule has 106 valence electrons. The number of likely N-dealkylation sites (tertiary alicyclic amines) is 1. The topological polar surface area (TPSA) is 61.0 Å². The SMILES string of the molecule is O=C(NCCN1CCCCC1)c1cccc2[nH]ncc12. The fourth-order valence-electron chi connectivity index (χ4n) is 2.77. The van der Waals surface area contributed by atoms with Crippen molar-refractivity contribution in [3.05, 3.63) is 30.0 Å². The quantitative estimate of drug-likeness (QED) is 0.892. The number of piperidine rings is 1. The molecule has 0 atom stereocenters. The monoisotopic (exact) mass is 272 g/mol. The molecule has 0 saturated carbocycles. The van der Waals surface area contributed by atoms with Crippen LogP contribution in [0.25, 0.3) is 10.9 Å². The predicted molar refractivity (Wildman–Crippen MR) is 78.7 cm³/mol. The molecule has 3 rings (SSSR count). The summed E-state index contributed by atoms with van der Waals surface area (Å²) in [5.41, 5.74) is 1.59. The third-order valence-corrected chi connectivity index (χ3v) is 3.89.